The minimum absolute atomic E-state index is 0.662. The van der Waals surface area contributed by atoms with Gasteiger partial charge in [-0.05, 0) is 47.2 Å². The highest BCUT2D eigenvalue weighted by molar-refractivity contribution is 9.10. The molecule has 1 aliphatic rings. The van der Waals surface area contributed by atoms with Crippen molar-refractivity contribution in [2.24, 2.45) is 5.92 Å². The molecule has 2 rings (SSSR count). The van der Waals surface area contributed by atoms with E-state index in [9.17, 15) is 0 Å². The van der Waals surface area contributed by atoms with Crippen molar-refractivity contribution in [3.8, 4) is 0 Å². The first-order chi connectivity index (χ1) is 8.25. The van der Waals surface area contributed by atoms with Crippen molar-refractivity contribution in [3.05, 3.63) is 16.7 Å². The average molecular weight is 300 g/mol. The van der Waals surface area contributed by atoms with Crippen molar-refractivity contribution in [1.82, 2.24) is 4.98 Å². The fraction of sp³-hybridized carbons (Fsp3) is 0.583. The van der Waals surface area contributed by atoms with E-state index < -0.39 is 0 Å². The standard InChI is InChI=1S/C12H18BrN3O/c13-11-6-10(14)7-16-12(11)15-4-1-5-17-8-9-2-3-9/h6-7,9H,1-5,8,14H2,(H,15,16). The molecule has 0 saturated heterocycles. The Bertz CT molecular complexity index is 369. The Morgan fingerprint density at radius 3 is 3.06 bits per heavy atom. The molecule has 1 aromatic heterocycles. The number of hydrogen-bond donors (Lipinski definition) is 2. The zero-order valence-corrected chi connectivity index (χ0v) is 11.4. The summed E-state index contributed by atoms with van der Waals surface area (Å²) >= 11 is 3.42. The van der Waals surface area contributed by atoms with E-state index in [0.29, 0.717) is 5.69 Å². The van der Waals surface area contributed by atoms with Crippen LogP contribution in [0, 0.1) is 5.92 Å². The molecule has 1 aromatic rings. The van der Waals surface area contributed by atoms with E-state index >= 15 is 0 Å². The number of nitrogen functional groups attached to an aromatic ring is 1. The first-order valence-corrected chi connectivity index (χ1v) is 6.77. The molecule has 0 spiro atoms. The minimum atomic E-state index is 0.662. The summed E-state index contributed by atoms with van der Waals surface area (Å²) < 4.78 is 6.45. The van der Waals surface area contributed by atoms with Crippen molar-refractivity contribution in [2.75, 3.05) is 30.8 Å². The monoisotopic (exact) mass is 299 g/mol. The topological polar surface area (TPSA) is 60.2 Å². The first-order valence-electron chi connectivity index (χ1n) is 5.98. The summed E-state index contributed by atoms with van der Waals surface area (Å²) in [5, 5.41) is 3.25. The van der Waals surface area contributed by atoms with Crippen LogP contribution in [0.25, 0.3) is 0 Å². The molecule has 1 heterocycles. The fourth-order valence-corrected chi connectivity index (χ4v) is 2.01. The van der Waals surface area contributed by atoms with Crippen LogP contribution < -0.4 is 11.1 Å². The van der Waals surface area contributed by atoms with Crippen molar-refractivity contribution in [3.63, 3.8) is 0 Å². The highest BCUT2D eigenvalue weighted by Crippen LogP contribution is 2.28. The van der Waals surface area contributed by atoms with E-state index in [2.05, 4.69) is 26.2 Å². The lowest BCUT2D eigenvalue weighted by atomic mass is 10.4. The summed E-state index contributed by atoms with van der Waals surface area (Å²) in [4.78, 5) is 4.21. The van der Waals surface area contributed by atoms with Crippen LogP contribution in [0.5, 0.6) is 0 Å². The summed E-state index contributed by atoms with van der Waals surface area (Å²) in [6.07, 6.45) is 5.34. The van der Waals surface area contributed by atoms with Crippen LogP contribution >= 0.6 is 15.9 Å². The van der Waals surface area contributed by atoms with Gasteiger partial charge in [-0.3, -0.25) is 0 Å². The van der Waals surface area contributed by atoms with Gasteiger partial charge in [-0.1, -0.05) is 0 Å². The van der Waals surface area contributed by atoms with Crippen LogP contribution in [0.15, 0.2) is 16.7 Å². The predicted molar refractivity (Wildman–Crippen MR) is 73.0 cm³/mol. The molecule has 0 atom stereocenters. The second-order valence-corrected chi connectivity index (χ2v) is 5.25. The van der Waals surface area contributed by atoms with Gasteiger partial charge in [0.2, 0.25) is 0 Å². The Hall–Kier alpha value is -0.810. The molecule has 94 valence electrons. The predicted octanol–water partition coefficient (Wildman–Crippen LogP) is 2.65. The molecular weight excluding hydrogens is 282 g/mol. The second kappa shape index (κ2) is 6.21. The lowest BCUT2D eigenvalue weighted by Crippen LogP contribution is -2.08. The Labute approximate surface area is 110 Å². The number of nitrogens with one attached hydrogen (secondary N) is 1. The van der Waals surface area contributed by atoms with Crippen LogP contribution in [0.2, 0.25) is 0 Å². The Morgan fingerprint density at radius 1 is 1.53 bits per heavy atom. The number of nitrogens with two attached hydrogens (primary N) is 1. The molecule has 17 heavy (non-hydrogen) atoms. The third kappa shape index (κ3) is 4.52. The van der Waals surface area contributed by atoms with Gasteiger partial charge in [-0.2, -0.15) is 0 Å². The van der Waals surface area contributed by atoms with Crippen LogP contribution in [0.1, 0.15) is 19.3 Å². The number of anilines is 2. The van der Waals surface area contributed by atoms with Crippen molar-refractivity contribution in [2.45, 2.75) is 19.3 Å². The molecule has 0 aromatic carbocycles. The number of nitrogens with zero attached hydrogens (tertiary/aromatic N) is 1. The van der Waals surface area contributed by atoms with E-state index in [0.717, 1.165) is 42.4 Å². The maximum Gasteiger partial charge on any atom is 0.140 e. The molecule has 0 amide bonds. The Balaban J connectivity index is 1.60. The number of pyridine rings is 1. The second-order valence-electron chi connectivity index (χ2n) is 4.40. The van der Waals surface area contributed by atoms with E-state index in [1.807, 2.05) is 6.07 Å². The normalized spacial score (nSPS) is 14.9. The highest BCUT2D eigenvalue weighted by atomic mass is 79.9. The minimum Gasteiger partial charge on any atom is -0.397 e. The zero-order valence-electron chi connectivity index (χ0n) is 9.79. The number of rotatable bonds is 7. The largest absolute Gasteiger partial charge is 0.397 e. The van der Waals surface area contributed by atoms with Gasteiger partial charge in [-0.25, -0.2) is 4.98 Å². The van der Waals surface area contributed by atoms with E-state index in [4.69, 9.17) is 10.5 Å². The summed E-state index contributed by atoms with van der Waals surface area (Å²) in [5.41, 5.74) is 6.28. The molecular formula is C12H18BrN3O. The van der Waals surface area contributed by atoms with Crippen LogP contribution in [-0.2, 0) is 4.74 Å². The lowest BCUT2D eigenvalue weighted by molar-refractivity contribution is 0.124. The molecule has 3 N–H and O–H groups in total. The average Bonchev–Trinajstić information content (AvgIpc) is 3.09. The van der Waals surface area contributed by atoms with Gasteiger partial charge in [-0.15, -0.1) is 0 Å². The van der Waals surface area contributed by atoms with E-state index in [1.54, 1.807) is 6.20 Å². The summed E-state index contributed by atoms with van der Waals surface area (Å²) in [5.74, 6) is 1.68. The summed E-state index contributed by atoms with van der Waals surface area (Å²) in [6.45, 7) is 2.61. The van der Waals surface area contributed by atoms with Gasteiger partial charge in [0.15, 0.2) is 0 Å². The SMILES string of the molecule is Nc1cnc(NCCCOCC2CC2)c(Br)c1. The van der Waals surface area contributed by atoms with Gasteiger partial charge < -0.3 is 15.8 Å². The van der Waals surface area contributed by atoms with E-state index in [1.165, 1.54) is 12.8 Å². The van der Waals surface area contributed by atoms with Gasteiger partial charge in [0.25, 0.3) is 0 Å². The molecule has 1 saturated carbocycles. The van der Waals surface area contributed by atoms with E-state index in [-0.39, 0.29) is 0 Å². The third-order valence-corrected chi connectivity index (χ3v) is 3.28. The van der Waals surface area contributed by atoms with Crippen molar-refractivity contribution < 1.29 is 4.74 Å². The van der Waals surface area contributed by atoms with Crippen LogP contribution in [0.4, 0.5) is 11.5 Å². The van der Waals surface area contributed by atoms with Gasteiger partial charge >= 0.3 is 0 Å². The third-order valence-electron chi connectivity index (χ3n) is 2.67. The van der Waals surface area contributed by atoms with Gasteiger partial charge in [0, 0.05) is 19.8 Å². The van der Waals surface area contributed by atoms with Crippen molar-refractivity contribution in [1.29, 1.82) is 0 Å². The molecule has 0 aliphatic heterocycles. The van der Waals surface area contributed by atoms with Crippen LogP contribution in [-0.4, -0.2) is 24.7 Å². The highest BCUT2D eigenvalue weighted by Gasteiger charge is 2.20. The van der Waals surface area contributed by atoms with Crippen molar-refractivity contribution >= 4 is 27.4 Å². The molecule has 0 bridgehead atoms. The van der Waals surface area contributed by atoms with Gasteiger partial charge in [0.1, 0.15) is 5.82 Å². The molecule has 4 nitrogen and oxygen atoms in total. The maximum atomic E-state index is 5.62. The molecule has 1 aliphatic carbocycles. The molecule has 0 unspecified atom stereocenters. The number of halogens is 1. The fourth-order valence-electron chi connectivity index (χ4n) is 1.50. The quantitative estimate of drug-likeness (QED) is 0.760. The number of ether oxygens (including phenoxy) is 1. The smallest absolute Gasteiger partial charge is 0.140 e. The number of aromatic nitrogens is 1. The molecule has 5 heteroatoms. The Kier molecular flexibility index (Phi) is 4.62. The maximum absolute atomic E-state index is 5.62. The Morgan fingerprint density at radius 2 is 2.35 bits per heavy atom. The summed E-state index contributed by atoms with van der Waals surface area (Å²) in [6, 6.07) is 1.85. The molecule has 1 fully saturated rings. The summed E-state index contributed by atoms with van der Waals surface area (Å²) in [7, 11) is 0. The number of hydrogen-bond acceptors (Lipinski definition) is 4. The first kappa shape index (κ1) is 12.6. The van der Waals surface area contributed by atoms with Gasteiger partial charge in [0.05, 0.1) is 16.4 Å². The zero-order chi connectivity index (χ0) is 12.1. The lowest BCUT2D eigenvalue weighted by Gasteiger charge is -2.08. The molecule has 0 radical (unpaired) electrons. The van der Waals surface area contributed by atoms with Crippen LogP contribution in [0.3, 0.4) is 0 Å².